The van der Waals surface area contributed by atoms with Crippen molar-refractivity contribution >= 4 is 11.8 Å². The number of rotatable bonds is 6. The summed E-state index contributed by atoms with van der Waals surface area (Å²) in [5.74, 6) is -0.0468. The van der Waals surface area contributed by atoms with Crippen LogP contribution >= 0.6 is 0 Å². The largest absolute Gasteiger partial charge is 0.339 e. The van der Waals surface area contributed by atoms with Gasteiger partial charge in [0.25, 0.3) is 5.91 Å². The van der Waals surface area contributed by atoms with Gasteiger partial charge in [-0.25, -0.2) is 4.98 Å². The molecule has 2 heterocycles. The Morgan fingerprint density at radius 1 is 1.13 bits per heavy atom. The molecule has 0 radical (unpaired) electrons. The van der Waals surface area contributed by atoms with Crippen LogP contribution in [0.15, 0.2) is 48.9 Å². The lowest BCUT2D eigenvalue weighted by atomic mass is 9.65. The van der Waals surface area contributed by atoms with Crippen molar-refractivity contribution in [3.63, 3.8) is 0 Å². The first-order chi connectivity index (χ1) is 14.7. The van der Waals surface area contributed by atoms with E-state index in [0.717, 1.165) is 31.4 Å². The molecule has 1 aliphatic carbocycles. The molecular formula is C25H32N4O2. The number of benzene rings is 1. The minimum Gasteiger partial charge on any atom is -0.339 e. The number of carbonyl (C=O) groups excluding carboxylic acids is 2. The predicted octanol–water partition coefficient (Wildman–Crippen LogP) is 3.94. The van der Waals surface area contributed by atoms with Gasteiger partial charge in [0.1, 0.15) is 5.69 Å². The molecule has 1 aliphatic heterocycles. The highest BCUT2D eigenvalue weighted by Crippen LogP contribution is 2.52. The Hall–Kier alpha value is -2.76. The van der Waals surface area contributed by atoms with E-state index in [1.807, 2.05) is 30.3 Å². The fourth-order valence-electron chi connectivity index (χ4n) is 5.75. The first kappa shape index (κ1) is 21.5. The van der Waals surface area contributed by atoms with Gasteiger partial charge < -0.3 is 9.80 Å². The topological polar surface area (TPSA) is 66.4 Å². The molecule has 2 amide bonds. The van der Waals surface area contributed by atoms with Crippen molar-refractivity contribution in [2.45, 2.75) is 59.0 Å². The van der Waals surface area contributed by atoms with Crippen molar-refractivity contribution in [3.05, 3.63) is 60.2 Å². The summed E-state index contributed by atoms with van der Waals surface area (Å²) in [5, 5.41) is 0. The number of nitrogens with zero attached hydrogens (tertiary/aromatic N) is 4. The number of carbonyl (C=O) groups is 2. The van der Waals surface area contributed by atoms with Crippen LogP contribution in [0.2, 0.25) is 0 Å². The van der Waals surface area contributed by atoms with Crippen LogP contribution in [0.3, 0.4) is 0 Å². The van der Waals surface area contributed by atoms with Crippen molar-refractivity contribution in [1.82, 2.24) is 19.8 Å². The van der Waals surface area contributed by atoms with Crippen molar-refractivity contribution < 1.29 is 9.59 Å². The number of likely N-dealkylation sites (tertiary alicyclic amines) is 1. The van der Waals surface area contributed by atoms with Crippen molar-refractivity contribution in [1.29, 1.82) is 0 Å². The highest BCUT2D eigenvalue weighted by atomic mass is 16.2. The average Bonchev–Trinajstić information content (AvgIpc) is 3.00. The van der Waals surface area contributed by atoms with Crippen LogP contribution in [0.25, 0.3) is 0 Å². The standard InChI is InChI=1S/C25H32N4O2/c1-24(2)13-20-14-25(3,17-24)18-29(20)22(30)9-12-28(16-19-7-5-4-6-8-19)23(31)21-15-26-10-11-27-21/h4-8,10-11,15,20H,9,12-14,16-18H2,1-3H3/t20-,25-/m0/s1. The number of aromatic nitrogens is 2. The van der Waals surface area contributed by atoms with Gasteiger partial charge in [0.15, 0.2) is 0 Å². The van der Waals surface area contributed by atoms with E-state index in [9.17, 15) is 9.59 Å². The van der Waals surface area contributed by atoms with E-state index in [1.165, 1.54) is 12.4 Å². The smallest absolute Gasteiger partial charge is 0.274 e. The lowest BCUT2D eigenvalue weighted by Gasteiger charge is -2.39. The number of fused-ring (bicyclic) bond motifs is 2. The Morgan fingerprint density at radius 3 is 2.61 bits per heavy atom. The molecule has 1 saturated heterocycles. The summed E-state index contributed by atoms with van der Waals surface area (Å²) in [6, 6.07) is 10.2. The maximum atomic E-state index is 13.2. The zero-order valence-electron chi connectivity index (χ0n) is 18.8. The molecule has 2 fully saturated rings. The van der Waals surface area contributed by atoms with Gasteiger partial charge in [0.2, 0.25) is 5.91 Å². The molecule has 0 N–H and O–H groups in total. The Morgan fingerprint density at radius 2 is 1.90 bits per heavy atom. The van der Waals surface area contributed by atoms with Gasteiger partial charge in [-0.05, 0) is 35.7 Å². The average molecular weight is 421 g/mol. The van der Waals surface area contributed by atoms with Gasteiger partial charge in [0, 0.05) is 44.5 Å². The number of hydrogen-bond donors (Lipinski definition) is 0. The van der Waals surface area contributed by atoms with Crippen LogP contribution in [0.1, 0.15) is 62.5 Å². The van der Waals surface area contributed by atoms with E-state index in [2.05, 4.69) is 35.6 Å². The molecule has 0 unspecified atom stereocenters. The summed E-state index contributed by atoms with van der Waals surface area (Å²) >= 11 is 0. The molecule has 6 nitrogen and oxygen atoms in total. The van der Waals surface area contributed by atoms with Crippen molar-refractivity contribution in [3.8, 4) is 0 Å². The monoisotopic (exact) mass is 420 g/mol. The molecular weight excluding hydrogens is 388 g/mol. The molecule has 2 aliphatic rings. The lowest BCUT2D eigenvalue weighted by Crippen LogP contribution is -2.40. The van der Waals surface area contributed by atoms with Gasteiger partial charge in [0.05, 0.1) is 6.20 Å². The van der Waals surface area contributed by atoms with E-state index >= 15 is 0 Å². The van der Waals surface area contributed by atoms with Crippen molar-refractivity contribution in [2.24, 2.45) is 10.8 Å². The quantitative estimate of drug-likeness (QED) is 0.710. The highest BCUT2D eigenvalue weighted by molar-refractivity contribution is 5.92. The summed E-state index contributed by atoms with van der Waals surface area (Å²) < 4.78 is 0. The van der Waals surface area contributed by atoms with Gasteiger partial charge >= 0.3 is 0 Å². The van der Waals surface area contributed by atoms with Gasteiger partial charge in [-0.1, -0.05) is 51.1 Å². The molecule has 0 spiro atoms. The summed E-state index contributed by atoms with van der Waals surface area (Å²) in [4.78, 5) is 38.3. The maximum absolute atomic E-state index is 13.2. The Labute approximate surface area is 184 Å². The van der Waals surface area contributed by atoms with E-state index in [1.54, 1.807) is 11.1 Å². The summed E-state index contributed by atoms with van der Waals surface area (Å²) in [7, 11) is 0. The van der Waals surface area contributed by atoms with Gasteiger partial charge in [-0.15, -0.1) is 0 Å². The Kier molecular flexibility index (Phi) is 5.82. The first-order valence-corrected chi connectivity index (χ1v) is 11.1. The fraction of sp³-hybridized carbons (Fsp3) is 0.520. The van der Waals surface area contributed by atoms with Gasteiger partial charge in [-0.2, -0.15) is 0 Å². The van der Waals surface area contributed by atoms with Crippen LogP contribution in [-0.4, -0.2) is 50.7 Å². The summed E-state index contributed by atoms with van der Waals surface area (Å²) in [5.41, 5.74) is 1.81. The molecule has 4 rings (SSSR count). The fourth-order valence-corrected chi connectivity index (χ4v) is 5.75. The lowest BCUT2D eigenvalue weighted by molar-refractivity contribution is -0.132. The minimum atomic E-state index is -0.196. The van der Waals surface area contributed by atoms with Crippen LogP contribution in [0, 0.1) is 10.8 Å². The van der Waals surface area contributed by atoms with E-state index < -0.39 is 0 Å². The number of amides is 2. The molecule has 1 aromatic carbocycles. The molecule has 2 bridgehead atoms. The van der Waals surface area contributed by atoms with Crippen LogP contribution in [0.4, 0.5) is 0 Å². The highest BCUT2D eigenvalue weighted by Gasteiger charge is 2.50. The minimum absolute atomic E-state index is 0.149. The van der Waals surface area contributed by atoms with Crippen LogP contribution in [-0.2, 0) is 11.3 Å². The van der Waals surface area contributed by atoms with Crippen LogP contribution < -0.4 is 0 Å². The third-order valence-electron chi connectivity index (χ3n) is 6.62. The molecule has 1 aromatic heterocycles. The second kappa shape index (κ2) is 8.40. The second-order valence-corrected chi connectivity index (χ2v) is 10.3. The third kappa shape index (κ3) is 4.94. The molecule has 2 aromatic rings. The maximum Gasteiger partial charge on any atom is 0.274 e. The molecule has 2 atom stereocenters. The van der Waals surface area contributed by atoms with E-state index in [4.69, 9.17) is 0 Å². The normalized spacial score (nSPS) is 24.1. The third-order valence-corrected chi connectivity index (χ3v) is 6.62. The summed E-state index contributed by atoms with van der Waals surface area (Å²) in [6.45, 7) is 8.58. The summed E-state index contributed by atoms with van der Waals surface area (Å²) in [6.07, 6.45) is 8.18. The predicted molar refractivity (Wildman–Crippen MR) is 119 cm³/mol. The SMILES string of the molecule is CC1(C)C[C@H]2C[C@](C)(CN2C(=O)CCN(Cc2ccccc2)C(=O)c2cnccn2)C1. The Bertz CT molecular complexity index is 931. The molecule has 164 valence electrons. The van der Waals surface area contributed by atoms with Crippen molar-refractivity contribution in [2.75, 3.05) is 13.1 Å². The van der Waals surface area contributed by atoms with Gasteiger partial charge in [-0.3, -0.25) is 14.6 Å². The molecule has 1 saturated carbocycles. The molecule has 31 heavy (non-hydrogen) atoms. The molecule has 6 heteroatoms. The van der Waals surface area contributed by atoms with E-state index in [-0.39, 0.29) is 22.6 Å². The zero-order chi connectivity index (χ0) is 22.1. The second-order valence-electron chi connectivity index (χ2n) is 10.3. The zero-order valence-corrected chi connectivity index (χ0v) is 18.8. The first-order valence-electron chi connectivity index (χ1n) is 11.1. The Balaban J connectivity index is 1.46. The van der Waals surface area contributed by atoms with Crippen LogP contribution in [0.5, 0.6) is 0 Å². The van der Waals surface area contributed by atoms with E-state index in [0.29, 0.717) is 31.2 Å². The number of hydrogen-bond acceptors (Lipinski definition) is 4.